The summed E-state index contributed by atoms with van der Waals surface area (Å²) in [5.41, 5.74) is 1.10. The summed E-state index contributed by atoms with van der Waals surface area (Å²) in [6.07, 6.45) is 6.13. The van der Waals surface area contributed by atoms with Crippen LogP contribution >= 0.6 is 0 Å². The summed E-state index contributed by atoms with van der Waals surface area (Å²) in [5.74, 6) is 0.933. The predicted octanol–water partition coefficient (Wildman–Crippen LogP) is 2.85. The van der Waals surface area contributed by atoms with Crippen LogP contribution in [0.15, 0.2) is 42.9 Å². The van der Waals surface area contributed by atoms with Crippen LogP contribution in [0.25, 0.3) is 0 Å². The predicted molar refractivity (Wildman–Crippen MR) is 80.8 cm³/mol. The minimum Gasteiger partial charge on any atom is -0.494 e. The molecule has 0 radical (unpaired) electrons. The van der Waals surface area contributed by atoms with Crippen molar-refractivity contribution in [1.29, 1.82) is 0 Å². The number of aromatic nitrogens is 2. The van der Waals surface area contributed by atoms with Crippen LogP contribution in [-0.2, 0) is 13.1 Å². The zero-order valence-corrected chi connectivity index (χ0v) is 12.1. The van der Waals surface area contributed by atoms with Crippen LogP contribution in [0, 0.1) is 0 Å². The molecule has 0 aliphatic rings. The van der Waals surface area contributed by atoms with E-state index >= 15 is 0 Å². The third-order valence-electron chi connectivity index (χ3n) is 2.99. The molecule has 1 aromatic carbocycles. The first-order valence-electron chi connectivity index (χ1n) is 7.27. The molecule has 108 valence electrons. The molecule has 2 aromatic rings. The van der Waals surface area contributed by atoms with Crippen LogP contribution in [0.4, 0.5) is 0 Å². The van der Waals surface area contributed by atoms with E-state index in [0.717, 1.165) is 50.5 Å². The molecular weight excluding hydrogens is 250 g/mol. The van der Waals surface area contributed by atoms with Gasteiger partial charge in [0.05, 0.1) is 18.6 Å². The van der Waals surface area contributed by atoms with Crippen LogP contribution in [-0.4, -0.2) is 22.7 Å². The Hall–Kier alpha value is -1.81. The van der Waals surface area contributed by atoms with E-state index < -0.39 is 0 Å². The van der Waals surface area contributed by atoms with Gasteiger partial charge in [-0.1, -0.05) is 25.1 Å². The summed E-state index contributed by atoms with van der Waals surface area (Å²) in [4.78, 5) is 4.38. The maximum atomic E-state index is 5.67. The Morgan fingerprint density at radius 3 is 2.90 bits per heavy atom. The molecule has 0 aliphatic carbocycles. The van der Waals surface area contributed by atoms with Crippen molar-refractivity contribution in [3.63, 3.8) is 0 Å². The number of aryl methyl sites for hydroxylation is 1. The lowest BCUT2D eigenvalue weighted by atomic mass is 10.3. The lowest BCUT2D eigenvalue weighted by Crippen LogP contribution is -2.13. The van der Waals surface area contributed by atoms with E-state index in [1.165, 1.54) is 0 Å². The van der Waals surface area contributed by atoms with Gasteiger partial charge in [0.2, 0.25) is 0 Å². The fourth-order valence-corrected chi connectivity index (χ4v) is 1.97. The van der Waals surface area contributed by atoms with Gasteiger partial charge in [0.1, 0.15) is 5.75 Å². The van der Waals surface area contributed by atoms with E-state index in [4.69, 9.17) is 4.74 Å². The number of nitrogens with zero attached hydrogens (tertiary/aromatic N) is 2. The highest BCUT2D eigenvalue weighted by Crippen LogP contribution is 2.08. The molecule has 1 aromatic heterocycles. The quantitative estimate of drug-likeness (QED) is 0.714. The van der Waals surface area contributed by atoms with E-state index in [1.807, 2.05) is 36.7 Å². The van der Waals surface area contributed by atoms with Gasteiger partial charge >= 0.3 is 0 Å². The summed E-state index contributed by atoms with van der Waals surface area (Å²) in [5, 5.41) is 3.35. The highest BCUT2D eigenvalue weighted by Gasteiger charge is 1.98. The zero-order valence-electron chi connectivity index (χ0n) is 12.1. The molecule has 0 bridgehead atoms. The molecule has 0 saturated heterocycles. The molecule has 1 N–H and O–H groups in total. The van der Waals surface area contributed by atoms with Crippen LogP contribution in [0.2, 0.25) is 0 Å². The number of imidazole rings is 1. The number of benzene rings is 1. The minimum absolute atomic E-state index is 0.728. The fraction of sp³-hybridized carbons (Fsp3) is 0.438. The first-order chi connectivity index (χ1) is 9.88. The second kappa shape index (κ2) is 8.38. The molecule has 0 saturated carbocycles. The highest BCUT2D eigenvalue weighted by atomic mass is 16.5. The van der Waals surface area contributed by atoms with Gasteiger partial charge in [0.25, 0.3) is 0 Å². The lowest BCUT2D eigenvalue weighted by molar-refractivity contribution is 0.301. The molecule has 0 spiro atoms. The molecule has 0 atom stereocenters. The number of rotatable bonds is 9. The maximum absolute atomic E-state index is 5.67. The largest absolute Gasteiger partial charge is 0.494 e. The van der Waals surface area contributed by atoms with Crippen LogP contribution in [0.5, 0.6) is 5.75 Å². The van der Waals surface area contributed by atoms with Crippen molar-refractivity contribution in [1.82, 2.24) is 14.9 Å². The molecule has 2 rings (SSSR count). The standard InChI is InChI=1S/C16H23N3O/c1-2-9-17-12-15-13-19(14-18-15)10-6-11-20-16-7-4-3-5-8-16/h3-5,7-8,13-14,17H,2,6,9-12H2,1H3. The third kappa shape index (κ3) is 5.05. The van der Waals surface area contributed by atoms with Crippen molar-refractivity contribution in [3.05, 3.63) is 48.5 Å². The molecule has 4 nitrogen and oxygen atoms in total. The van der Waals surface area contributed by atoms with Gasteiger partial charge < -0.3 is 14.6 Å². The van der Waals surface area contributed by atoms with E-state index in [1.54, 1.807) is 0 Å². The Bertz CT molecular complexity index is 481. The molecule has 0 aliphatic heterocycles. The molecule has 0 amide bonds. The molecule has 1 heterocycles. The second-order valence-electron chi connectivity index (χ2n) is 4.79. The van der Waals surface area contributed by atoms with Gasteiger partial charge in [-0.05, 0) is 31.5 Å². The van der Waals surface area contributed by atoms with Gasteiger partial charge in [-0.2, -0.15) is 0 Å². The van der Waals surface area contributed by atoms with Gasteiger partial charge in [-0.3, -0.25) is 0 Å². The van der Waals surface area contributed by atoms with Crippen molar-refractivity contribution in [2.45, 2.75) is 32.9 Å². The smallest absolute Gasteiger partial charge is 0.119 e. The van der Waals surface area contributed by atoms with Crippen molar-refractivity contribution >= 4 is 0 Å². The monoisotopic (exact) mass is 273 g/mol. The van der Waals surface area contributed by atoms with Crippen LogP contribution in [0.1, 0.15) is 25.5 Å². The Labute approximate surface area is 120 Å². The lowest BCUT2D eigenvalue weighted by Gasteiger charge is -2.06. The number of nitrogens with one attached hydrogen (secondary N) is 1. The van der Waals surface area contributed by atoms with Gasteiger partial charge in [-0.25, -0.2) is 4.98 Å². The average molecular weight is 273 g/mol. The Kier molecular flexibility index (Phi) is 6.11. The zero-order chi connectivity index (χ0) is 14.0. The molecule has 4 heteroatoms. The number of ether oxygens (including phenoxy) is 1. The Morgan fingerprint density at radius 2 is 2.10 bits per heavy atom. The average Bonchev–Trinajstić information content (AvgIpc) is 2.93. The van der Waals surface area contributed by atoms with Crippen LogP contribution < -0.4 is 10.1 Å². The second-order valence-corrected chi connectivity index (χ2v) is 4.79. The summed E-state index contributed by atoms with van der Waals surface area (Å²) in [6, 6.07) is 9.93. The van der Waals surface area contributed by atoms with Gasteiger partial charge in [-0.15, -0.1) is 0 Å². The molecule has 20 heavy (non-hydrogen) atoms. The summed E-state index contributed by atoms with van der Waals surface area (Å²) < 4.78 is 7.79. The van der Waals surface area contributed by atoms with Crippen LogP contribution in [0.3, 0.4) is 0 Å². The van der Waals surface area contributed by atoms with E-state index in [9.17, 15) is 0 Å². The number of para-hydroxylation sites is 1. The van der Waals surface area contributed by atoms with Gasteiger partial charge in [0.15, 0.2) is 0 Å². The maximum Gasteiger partial charge on any atom is 0.119 e. The van der Waals surface area contributed by atoms with Crippen molar-refractivity contribution in [3.8, 4) is 5.75 Å². The highest BCUT2D eigenvalue weighted by molar-refractivity contribution is 5.20. The first-order valence-corrected chi connectivity index (χ1v) is 7.27. The summed E-state index contributed by atoms with van der Waals surface area (Å²) in [7, 11) is 0. The molecule has 0 unspecified atom stereocenters. The Balaban J connectivity index is 1.64. The summed E-state index contributed by atoms with van der Waals surface area (Å²) >= 11 is 0. The van der Waals surface area contributed by atoms with E-state index in [2.05, 4.69) is 28.0 Å². The molecule has 0 fully saturated rings. The van der Waals surface area contributed by atoms with Crippen molar-refractivity contribution < 1.29 is 4.74 Å². The number of hydrogen-bond donors (Lipinski definition) is 1. The SMILES string of the molecule is CCCNCc1cn(CCCOc2ccccc2)cn1. The first kappa shape index (κ1) is 14.6. The minimum atomic E-state index is 0.728. The van der Waals surface area contributed by atoms with Gasteiger partial charge in [0, 0.05) is 19.3 Å². The normalized spacial score (nSPS) is 10.7. The van der Waals surface area contributed by atoms with E-state index in [-0.39, 0.29) is 0 Å². The summed E-state index contributed by atoms with van der Waals surface area (Å²) in [6.45, 7) is 5.72. The fourth-order valence-electron chi connectivity index (χ4n) is 1.97. The Morgan fingerprint density at radius 1 is 1.25 bits per heavy atom. The molecular formula is C16H23N3O. The number of hydrogen-bond acceptors (Lipinski definition) is 3. The third-order valence-corrected chi connectivity index (χ3v) is 2.99. The van der Waals surface area contributed by atoms with Crippen molar-refractivity contribution in [2.24, 2.45) is 0 Å². The van der Waals surface area contributed by atoms with E-state index in [0.29, 0.717) is 0 Å². The topological polar surface area (TPSA) is 39.1 Å². The van der Waals surface area contributed by atoms with Crippen molar-refractivity contribution in [2.75, 3.05) is 13.2 Å².